The molecule has 1 atom stereocenters. The Morgan fingerprint density at radius 1 is 1.09 bits per heavy atom. The first kappa shape index (κ1) is 13.5. The molecular formula is C8H20O3. The summed E-state index contributed by atoms with van der Waals surface area (Å²) in [5.41, 5.74) is 0. The van der Waals surface area contributed by atoms with Gasteiger partial charge in [0.1, 0.15) is 0 Å². The summed E-state index contributed by atoms with van der Waals surface area (Å²) in [6.07, 6.45) is 1.30. The fraction of sp³-hybridized carbons (Fsp3) is 1.00. The Labute approximate surface area is 69.6 Å². The third kappa shape index (κ3) is 13.0. The summed E-state index contributed by atoms with van der Waals surface area (Å²) in [6.45, 7) is 2.78. The molecule has 0 aromatic carbocycles. The van der Waals surface area contributed by atoms with Crippen molar-refractivity contribution in [3.05, 3.63) is 0 Å². The van der Waals surface area contributed by atoms with Crippen LogP contribution in [0.2, 0.25) is 0 Å². The van der Waals surface area contributed by atoms with Crippen LogP contribution in [0.25, 0.3) is 0 Å². The summed E-state index contributed by atoms with van der Waals surface area (Å²) < 4.78 is 14.1. The number of rotatable bonds is 4. The molecule has 0 aromatic rings. The molecule has 0 spiro atoms. The molecule has 0 aliphatic heterocycles. The van der Waals surface area contributed by atoms with E-state index in [0.29, 0.717) is 6.61 Å². The third-order valence-corrected chi connectivity index (χ3v) is 1.14. The highest BCUT2D eigenvalue weighted by Crippen LogP contribution is 1.94. The minimum absolute atomic E-state index is 0.278. The topological polar surface area (TPSA) is 27.7 Å². The van der Waals surface area contributed by atoms with Gasteiger partial charge >= 0.3 is 0 Å². The molecule has 70 valence electrons. The normalized spacial score (nSPS) is 11.7. The lowest BCUT2D eigenvalue weighted by atomic mass is 10.3. The first-order valence-electron chi connectivity index (χ1n) is 3.68. The van der Waals surface area contributed by atoms with E-state index in [9.17, 15) is 0 Å². The third-order valence-electron chi connectivity index (χ3n) is 1.14. The molecule has 0 radical (unpaired) electrons. The second-order valence-electron chi connectivity index (χ2n) is 2.13. The maximum Gasteiger partial charge on any atom is 0.0801 e. The quantitative estimate of drug-likeness (QED) is 0.627. The van der Waals surface area contributed by atoms with Crippen LogP contribution in [0, 0.1) is 0 Å². The van der Waals surface area contributed by atoms with Gasteiger partial charge < -0.3 is 14.2 Å². The molecule has 0 saturated heterocycles. The molecular weight excluding hydrogens is 144 g/mol. The van der Waals surface area contributed by atoms with Crippen molar-refractivity contribution < 1.29 is 14.2 Å². The van der Waals surface area contributed by atoms with E-state index in [0.717, 1.165) is 6.42 Å². The van der Waals surface area contributed by atoms with Crippen LogP contribution in [0.4, 0.5) is 0 Å². The lowest BCUT2D eigenvalue weighted by molar-refractivity contribution is 0.0265. The first-order valence-corrected chi connectivity index (χ1v) is 3.68. The van der Waals surface area contributed by atoms with Gasteiger partial charge in [0, 0.05) is 28.4 Å². The molecule has 11 heavy (non-hydrogen) atoms. The number of methoxy groups -OCH3 is 3. The molecule has 0 amide bonds. The summed E-state index contributed by atoms with van der Waals surface area (Å²) in [7, 11) is 6.63. The zero-order valence-corrected chi connectivity index (χ0v) is 8.22. The van der Waals surface area contributed by atoms with Crippen LogP contribution in [-0.2, 0) is 14.2 Å². The fourth-order valence-corrected chi connectivity index (χ4v) is 0.538. The lowest BCUT2D eigenvalue weighted by Gasteiger charge is -2.09. The maximum absolute atomic E-state index is 5.01. The van der Waals surface area contributed by atoms with Crippen LogP contribution in [0.3, 0.4) is 0 Å². The highest BCUT2D eigenvalue weighted by molar-refractivity contribution is 4.49. The van der Waals surface area contributed by atoms with Crippen LogP contribution in [-0.4, -0.2) is 41.2 Å². The molecule has 0 aliphatic carbocycles. The van der Waals surface area contributed by atoms with E-state index in [4.69, 9.17) is 9.47 Å². The molecule has 0 saturated carbocycles. The molecule has 0 bridgehead atoms. The Balaban J connectivity index is 0. The van der Waals surface area contributed by atoms with Gasteiger partial charge in [-0.05, 0) is 6.42 Å². The molecule has 1 unspecified atom stereocenters. The van der Waals surface area contributed by atoms with Crippen molar-refractivity contribution in [2.75, 3.05) is 35.0 Å². The molecule has 0 aromatic heterocycles. The second kappa shape index (κ2) is 12.5. The average molecular weight is 164 g/mol. The van der Waals surface area contributed by atoms with E-state index >= 15 is 0 Å². The van der Waals surface area contributed by atoms with Gasteiger partial charge in [0.15, 0.2) is 0 Å². The van der Waals surface area contributed by atoms with E-state index in [1.54, 1.807) is 28.4 Å². The Morgan fingerprint density at radius 2 is 1.55 bits per heavy atom. The minimum Gasteiger partial charge on any atom is -0.388 e. The molecule has 0 N–H and O–H groups in total. The molecule has 0 aliphatic rings. The smallest absolute Gasteiger partial charge is 0.0801 e. The van der Waals surface area contributed by atoms with Crippen molar-refractivity contribution in [3.63, 3.8) is 0 Å². The molecule has 3 heteroatoms. The van der Waals surface area contributed by atoms with Gasteiger partial charge in [-0.1, -0.05) is 6.92 Å². The van der Waals surface area contributed by atoms with Gasteiger partial charge in [0.05, 0.1) is 12.7 Å². The molecule has 0 rings (SSSR count). The predicted molar refractivity (Wildman–Crippen MR) is 45.9 cm³/mol. The monoisotopic (exact) mass is 164 g/mol. The van der Waals surface area contributed by atoms with Crippen LogP contribution < -0.4 is 0 Å². The van der Waals surface area contributed by atoms with Gasteiger partial charge in [-0.3, -0.25) is 0 Å². The Hall–Kier alpha value is -0.120. The fourth-order valence-electron chi connectivity index (χ4n) is 0.538. The number of hydrogen-bond donors (Lipinski definition) is 0. The first-order chi connectivity index (χ1) is 5.26. The Bertz CT molecular complexity index is 53.3. The van der Waals surface area contributed by atoms with Gasteiger partial charge in [0.2, 0.25) is 0 Å². The summed E-state index contributed by atoms with van der Waals surface area (Å²) in [5, 5.41) is 0. The van der Waals surface area contributed by atoms with Crippen LogP contribution in [0.15, 0.2) is 0 Å². The van der Waals surface area contributed by atoms with Gasteiger partial charge in [-0.25, -0.2) is 0 Å². The molecule has 0 fully saturated rings. The van der Waals surface area contributed by atoms with Crippen molar-refractivity contribution in [1.29, 1.82) is 0 Å². The van der Waals surface area contributed by atoms with E-state index in [1.807, 2.05) is 0 Å². The van der Waals surface area contributed by atoms with Crippen molar-refractivity contribution in [3.8, 4) is 0 Å². The van der Waals surface area contributed by atoms with Crippen molar-refractivity contribution in [2.45, 2.75) is 19.4 Å². The van der Waals surface area contributed by atoms with E-state index in [1.165, 1.54) is 0 Å². The summed E-state index contributed by atoms with van der Waals surface area (Å²) in [6, 6.07) is 0. The largest absolute Gasteiger partial charge is 0.388 e. The standard InChI is InChI=1S/C6H14O2.C2H6O/c1-4-6(8-3)5-7-2;1-3-2/h6H,4-5H2,1-3H3;1-2H3. The van der Waals surface area contributed by atoms with Crippen LogP contribution in [0.1, 0.15) is 13.3 Å². The van der Waals surface area contributed by atoms with E-state index in [-0.39, 0.29) is 6.10 Å². The van der Waals surface area contributed by atoms with Crippen molar-refractivity contribution in [1.82, 2.24) is 0 Å². The second-order valence-corrected chi connectivity index (χ2v) is 2.13. The molecule has 3 nitrogen and oxygen atoms in total. The summed E-state index contributed by atoms with van der Waals surface area (Å²) >= 11 is 0. The predicted octanol–water partition coefficient (Wildman–Crippen LogP) is 1.32. The molecule has 0 heterocycles. The highest BCUT2D eigenvalue weighted by Gasteiger charge is 2.00. The summed E-state index contributed by atoms with van der Waals surface area (Å²) in [4.78, 5) is 0. The van der Waals surface area contributed by atoms with Gasteiger partial charge in [-0.15, -0.1) is 0 Å². The van der Waals surface area contributed by atoms with E-state index in [2.05, 4.69) is 11.7 Å². The van der Waals surface area contributed by atoms with Crippen LogP contribution in [0.5, 0.6) is 0 Å². The Morgan fingerprint density at radius 3 is 1.64 bits per heavy atom. The van der Waals surface area contributed by atoms with Crippen molar-refractivity contribution in [2.24, 2.45) is 0 Å². The SMILES string of the molecule is CCC(COC)OC.COC. The number of ether oxygens (including phenoxy) is 3. The van der Waals surface area contributed by atoms with Crippen molar-refractivity contribution >= 4 is 0 Å². The number of hydrogen-bond acceptors (Lipinski definition) is 3. The van der Waals surface area contributed by atoms with Gasteiger partial charge in [-0.2, -0.15) is 0 Å². The zero-order chi connectivity index (χ0) is 9.11. The highest BCUT2D eigenvalue weighted by atomic mass is 16.5. The minimum atomic E-state index is 0.278. The lowest BCUT2D eigenvalue weighted by Crippen LogP contribution is -2.15. The summed E-state index contributed by atoms with van der Waals surface area (Å²) in [5.74, 6) is 0. The zero-order valence-electron chi connectivity index (χ0n) is 8.22. The van der Waals surface area contributed by atoms with E-state index < -0.39 is 0 Å². The van der Waals surface area contributed by atoms with Gasteiger partial charge in [0.25, 0.3) is 0 Å². The maximum atomic E-state index is 5.01. The average Bonchev–Trinajstić information content (AvgIpc) is 2.02. The Kier molecular flexibility index (Phi) is 15.4. The van der Waals surface area contributed by atoms with Crippen LogP contribution >= 0.6 is 0 Å².